The zero-order valence-corrected chi connectivity index (χ0v) is 10.1. The molecule has 1 aromatic carbocycles. The van der Waals surface area contributed by atoms with E-state index in [1.54, 1.807) is 6.92 Å². The van der Waals surface area contributed by atoms with Crippen molar-refractivity contribution in [3.63, 3.8) is 0 Å². The molecule has 1 rings (SSSR count). The van der Waals surface area contributed by atoms with Crippen LogP contribution in [0, 0.1) is 17.0 Å². The van der Waals surface area contributed by atoms with Crippen molar-refractivity contribution in [1.29, 1.82) is 0 Å². The lowest BCUT2D eigenvalue weighted by atomic mass is 10.0. The predicted molar refractivity (Wildman–Crippen MR) is 61.0 cm³/mol. The highest BCUT2D eigenvalue weighted by Gasteiger charge is 2.21. The standard InChI is InChI=1S/C9H7BrClNO3/c1-5-2-3-6(12(14)15)9(11)8(5)7(13)4-10/h2-3H,4H2,1H3. The molecule has 0 N–H and O–H groups in total. The van der Waals surface area contributed by atoms with E-state index in [0.29, 0.717) is 5.56 Å². The molecule has 0 atom stereocenters. The highest BCUT2D eigenvalue weighted by Crippen LogP contribution is 2.30. The number of aryl methyl sites for hydroxylation is 1. The molecule has 0 radical (unpaired) electrons. The molecule has 0 aliphatic rings. The molecule has 4 nitrogen and oxygen atoms in total. The maximum Gasteiger partial charge on any atom is 0.288 e. The second kappa shape index (κ2) is 4.72. The van der Waals surface area contributed by atoms with Crippen molar-refractivity contribution in [3.05, 3.63) is 38.4 Å². The van der Waals surface area contributed by atoms with Crippen molar-refractivity contribution in [2.45, 2.75) is 6.92 Å². The third-order valence-corrected chi connectivity index (χ3v) is 2.82. The zero-order chi connectivity index (χ0) is 11.6. The summed E-state index contributed by atoms with van der Waals surface area (Å²) in [6, 6.07) is 2.81. The second-order valence-corrected chi connectivity index (χ2v) is 3.84. The maximum atomic E-state index is 11.5. The van der Waals surface area contributed by atoms with Gasteiger partial charge in [0, 0.05) is 11.6 Å². The molecule has 1 aromatic rings. The number of alkyl halides is 1. The third-order valence-electron chi connectivity index (χ3n) is 1.93. The van der Waals surface area contributed by atoms with Crippen LogP contribution in [0.15, 0.2) is 12.1 Å². The molecule has 0 saturated carbocycles. The summed E-state index contributed by atoms with van der Waals surface area (Å²) < 4.78 is 0. The van der Waals surface area contributed by atoms with Gasteiger partial charge in [-0.1, -0.05) is 33.6 Å². The minimum atomic E-state index is -0.604. The maximum absolute atomic E-state index is 11.5. The van der Waals surface area contributed by atoms with E-state index in [0.717, 1.165) is 0 Å². The smallest absolute Gasteiger partial charge is 0.288 e. The lowest BCUT2D eigenvalue weighted by Crippen LogP contribution is -2.05. The number of halogens is 2. The molecule has 0 amide bonds. The first-order valence-electron chi connectivity index (χ1n) is 4.01. The highest BCUT2D eigenvalue weighted by atomic mass is 79.9. The molecule has 80 valence electrons. The average Bonchev–Trinajstić information content (AvgIpc) is 2.16. The van der Waals surface area contributed by atoms with E-state index < -0.39 is 4.92 Å². The molecule has 0 aliphatic carbocycles. The fourth-order valence-electron chi connectivity index (χ4n) is 1.21. The third kappa shape index (κ3) is 2.35. The quantitative estimate of drug-likeness (QED) is 0.372. The SMILES string of the molecule is Cc1ccc([N+](=O)[O-])c(Cl)c1C(=O)CBr. The average molecular weight is 293 g/mol. The highest BCUT2D eigenvalue weighted by molar-refractivity contribution is 9.09. The lowest BCUT2D eigenvalue weighted by Gasteiger charge is -2.05. The van der Waals surface area contributed by atoms with Crippen molar-refractivity contribution in [3.8, 4) is 0 Å². The minimum absolute atomic E-state index is 0.0920. The van der Waals surface area contributed by atoms with Crippen molar-refractivity contribution in [2.24, 2.45) is 0 Å². The molecule has 15 heavy (non-hydrogen) atoms. The van der Waals surface area contributed by atoms with Crippen LogP contribution in [0.3, 0.4) is 0 Å². The number of nitro groups is 1. The van der Waals surface area contributed by atoms with E-state index in [1.807, 2.05) is 0 Å². The summed E-state index contributed by atoms with van der Waals surface area (Å²) in [6.45, 7) is 1.69. The molecule has 0 aliphatic heterocycles. The first kappa shape index (κ1) is 12.1. The number of hydrogen-bond acceptors (Lipinski definition) is 3. The second-order valence-electron chi connectivity index (χ2n) is 2.90. The number of carbonyl (C=O) groups is 1. The van der Waals surface area contributed by atoms with Gasteiger partial charge in [-0.25, -0.2) is 0 Å². The zero-order valence-electron chi connectivity index (χ0n) is 7.79. The molecule has 0 unspecified atom stereocenters. The Morgan fingerprint density at radius 1 is 1.60 bits per heavy atom. The molecule has 0 spiro atoms. The molecule has 0 heterocycles. The molecule has 0 saturated heterocycles. The van der Waals surface area contributed by atoms with Gasteiger partial charge >= 0.3 is 0 Å². The van der Waals surface area contributed by atoms with Crippen molar-refractivity contribution in [2.75, 3.05) is 5.33 Å². The van der Waals surface area contributed by atoms with Gasteiger partial charge in [0.2, 0.25) is 0 Å². The molecule has 0 aromatic heterocycles. The first-order valence-corrected chi connectivity index (χ1v) is 5.51. The number of ketones is 1. The van der Waals surface area contributed by atoms with Gasteiger partial charge < -0.3 is 0 Å². The molecule has 0 bridgehead atoms. The van der Waals surface area contributed by atoms with Crippen LogP contribution < -0.4 is 0 Å². The number of nitro benzene ring substituents is 1. The number of rotatable bonds is 3. The number of hydrogen-bond donors (Lipinski definition) is 0. The van der Waals surface area contributed by atoms with Crippen LogP contribution in [0.5, 0.6) is 0 Å². The molecule has 0 fully saturated rings. The fraction of sp³-hybridized carbons (Fsp3) is 0.222. The monoisotopic (exact) mass is 291 g/mol. The number of benzene rings is 1. The Bertz CT molecular complexity index is 434. The van der Waals surface area contributed by atoms with Crippen LogP contribution in [-0.2, 0) is 0 Å². The Hall–Kier alpha value is -0.940. The Balaban J connectivity index is 3.43. The van der Waals surface area contributed by atoms with Gasteiger partial charge in [-0.2, -0.15) is 0 Å². The molecule has 6 heteroatoms. The fourth-order valence-corrected chi connectivity index (χ4v) is 1.88. The van der Waals surface area contributed by atoms with Crippen LogP contribution in [0.1, 0.15) is 15.9 Å². The van der Waals surface area contributed by atoms with E-state index >= 15 is 0 Å². The first-order chi connectivity index (χ1) is 6.99. The Morgan fingerprint density at radius 3 is 2.67 bits per heavy atom. The lowest BCUT2D eigenvalue weighted by molar-refractivity contribution is -0.384. The predicted octanol–water partition coefficient (Wildman–Crippen LogP) is 3.13. The van der Waals surface area contributed by atoms with Gasteiger partial charge in [0.05, 0.1) is 10.3 Å². The van der Waals surface area contributed by atoms with Gasteiger partial charge in [0.1, 0.15) is 5.02 Å². The van der Waals surface area contributed by atoms with Crippen molar-refractivity contribution < 1.29 is 9.72 Å². The summed E-state index contributed by atoms with van der Waals surface area (Å²) in [5.74, 6) is -0.263. The Kier molecular flexibility index (Phi) is 3.82. The van der Waals surface area contributed by atoms with Gasteiger partial charge in [0.25, 0.3) is 5.69 Å². The van der Waals surface area contributed by atoms with Crippen molar-refractivity contribution >= 4 is 39.0 Å². The van der Waals surface area contributed by atoms with Crippen LogP contribution >= 0.6 is 27.5 Å². The molecular weight excluding hydrogens is 285 g/mol. The summed E-state index contributed by atoms with van der Waals surface area (Å²) >= 11 is 8.80. The normalized spacial score (nSPS) is 10.1. The van der Waals surface area contributed by atoms with Crippen LogP contribution in [0.2, 0.25) is 5.02 Å². The Morgan fingerprint density at radius 2 is 2.20 bits per heavy atom. The van der Waals surface area contributed by atoms with Crippen LogP contribution in [0.4, 0.5) is 5.69 Å². The number of carbonyl (C=O) groups excluding carboxylic acids is 1. The van der Waals surface area contributed by atoms with E-state index in [-0.39, 0.29) is 27.4 Å². The minimum Gasteiger partial charge on any atom is -0.293 e. The van der Waals surface area contributed by atoms with E-state index in [1.165, 1.54) is 12.1 Å². The largest absolute Gasteiger partial charge is 0.293 e. The summed E-state index contributed by atoms with van der Waals surface area (Å²) in [5, 5.41) is 10.6. The van der Waals surface area contributed by atoms with Gasteiger partial charge in [-0.05, 0) is 12.5 Å². The summed E-state index contributed by atoms with van der Waals surface area (Å²) in [4.78, 5) is 21.5. The topological polar surface area (TPSA) is 60.2 Å². The summed E-state index contributed by atoms with van der Waals surface area (Å²) in [5.41, 5.74) is 0.601. The van der Waals surface area contributed by atoms with Crippen LogP contribution in [-0.4, -0.2) is 16.0 Å². The summed E-state index contributed by atoms with van der Waals surface area (Å²) in [6.07, 6.45) is 0. The molecular formula is C9H7BrClNO3. The van der Waals surface area contributed by atoms with Gasteiger partial charge in [0.15, 0.2) is 5.78 Å². The van der Waals surface area contributed by atoms with Crippen molar-refractivity contribution in [1.82, 2.24) is 0 Å². The van der Waals surface area contributed by atoms with E-state index in [9.17, 15) is 14.9 Å². The summed E-state index contributed by atoms with van der Waals surface area (Å²) in [7, 11) is 0. The van der Waals surface area contributed by atoms with Gasteiger partial charge in [-0.3, -0.25) is 14.9 Å². The van der Waals surface area contributed by atoms with E-state index in [4.69, 9.17) is 11.6 Å². The number of Topliss-reactive ketones (excluding diaryl/α,β-unsaturated/α-hetero) is 1. The van der Waals surface area contributed by atoms with Gasteiger partial charge in [-0.15, -0.1) is 0 Å². The number of nitrogens with zero attached hydrogens (tertiary/aromatic N) is 1. The Labute approximate surface area is 99.5 Å². The van der Waals surface area contributed by atoms with Crippen LogP contribution in [0.25, 0.3) is 0 Å². The van der Waals surface area contributed by atoms with E-state index in [2.05, 4.69) is 15.9 Å².